The minimum absolute atomic E-state index is 0.00244. The van der Waals surface area contributed by atoms with E-state index < -0.39 is 10.9 Å². The van der Waals surface area contributed by atoms with Crippen LogP contribution in [-0.2, 0) is 11.3 Å². The minimum Gasteiger partial charge on any atom is -0.480 e. The Hall–Kier alpha value is -4.08. The molecular formula is C18H16N6O4. The van der Waals surface area contributed by atoms with Gasteiger partial charge in [0, 0.05) is 42.2 Å². The highest BCUT2D eigenvalue weighted by Gasteiger charge is 2.13. The van der Waals surface area contributed by atoms with Gasteiger partial charge in [-0.15, -0.1) is 0 Å². The van der Waals surface area contributed by atoms with E-state index in [1.54, 1.807) is 48.8 Å². The molecule has 28 heavy (non-hydrogen) atoms. The summed E-state index contributed by atoms with van der Waals surface area (Å²) in [6.07, 6.45) is 3.23. The fourth-order valence-corrected chi connectivity index (χ4v) is 2.47. The summed E-state index contributed by atoms with van der Waals surface area (Å²) in [7, 11) is 0. The molecule has 0 atom stereocenters. The molecule has 2 heterocycles. The number of carboxylic acids is 1. The molecular weight excluding hydrogens is 364 g/mol. The molecule has 0 aliphatic rings. The molecule has 1 aromatic carbocycles. The fraction of sp³-hybridized carbons (Fsp3) is 0.111. The molecule has 0 saturated carbocycles. The van der Waals surface area contributed by atoms with E-state index in [1.807, 2.05) is 0 Å². The Labute approximate surface area is 159 Å². The normalized spacial score (nSPS) is 10.3. The van der Waals surface area contributed by atoms with Crippen molar-refractivity contribution in [1.29, 1.82) is 0 Å². The summed E-state index contributed by atoms with van der Waals surface area (Å²) in [6.45, 7) is -0.175. The number of nitro benzene ring substituents is 1. The topological polar surface area (TPSA) is 143 Å². The predicted octanol–water partition coefficient (Wildman–Crippen LogP) is 2.56. The van der Waals surface area contributed by atoms with Crippen molar-refractivity contribution in [2.45, 2.75) is 6.54 Å². The number of carboxylic acid groups (broad SMARTS) is 1. The molecule has 0 radical (unpaired) electrons. The molecule has 0 unspecified atom stereocenters. The Morgan fingerprint density at radius 3 is 2.57 bits per heavy atom. The molecule has 142 valence electrons. The van der Waals surface area contributed by atoms with Gasteiger partial charge in [-0.2, -0.15) is 4.98 Å². The van der Waals surface area contributed by atoms with Crippen molar-refractivity contribution < 1.29 is 14.8 Å². The highest BCUT2D eigenvalue weighted by atomic mass is 16.6. The Bertz CT molecular complexity index is 996. The SMILES string of the molecule is O=C(O)CNc1nc(NCc2ccccc2[N+](=O)[O-])cc(-c2ccncc2)n1. The zero-order chi connectivity index (χ0) is 19.9. The van der Waals surface area contributed by atoms with Crippen molar-refractivity contribution in [2.24, 2.45) is 0 Å². The number of para-hydroxylation sites is 1. The van der Waals surface area contributed by atoms with Crippen molar-refractivity contribution >= 4 is 23.4 Å². The van der Waals surface area contributed by atoms with Crippen molar-refractivity contribution in [1.82, 2.24) is 15.0 Å². The van der Waals surface area contributed by atoms with E-state index in [1.165, 1.54) is 6.07 Å². The van der Waals surface area contributed by atoms with Gasteiger partial charge in [0.1, 0.15) is 12.4 Å². The molecule has 0 aliphatic carbocycles. The summed E-state index contributed by atoms with van der Waals surface area (Å²) in [6, 6.07) is 11.6. The molecule has 2 aromatic heterocycles. The molecule has 0 spiro atoms. The summed E-state index contributed by atoms with van der Waals surface area (Å²) < 4.78 is 0. The van der Waals surface area contributed by atoms with Gasteiger partial charge in [-0.3, -0.25) is 19.9 Å². The van der Waals surface area contributed by atoms with E-state index in [4.69, 9.17) is 5.11 Å². The van der Waals surface area contributed by atoms with Crippen LogP contribution in [0.3, 0.4) is 0 Å². The minimum atomic E-state index is -1.05. The average Bonchev–Trinajstić information content (AvgIpc) is 2.71. The second-order valence-corrected chi connectivity index (χ2v) is 5.68. The van der Waals surface area contributed by atoms with Gasteiger partial charge in [0.25, 0.3) is 5.69 Å². The third kappa shape index (κ3) is 4.75. The van der Waals surface area contributed by atoms with Crippen LogP contribution in [0.25, 0.3) is 11.3 Å². The second kappa shape index (κ2) is 8.54. The fourth-order valence-electron chi connectivity index (χ4n) is 2.47. The zero-order valence-electron chi connectivity index (χ0n) is 14.6. The van der Waals surface area contributed by atoms with Crippen molar-refractivity contribution in [3.63, 3.8) is 0 Å². The molecule has 10 heteroatoms. The largest absolute Gasteiger partial charge is 0.480 e. The first-order valence-corrected chi connectivity index (χ1v) is 8.24. The number of aliphatic carboxylic acids is 1. The summed E-state index contributed by atoms with van der Waals surface area (Å²) >= 11 is 0. The number of rotatable bonds is 8. The zero-order valence-corrected chi connectivity index (χ0v) is 14.6. The van der Waals surface area contributed by atoms with Crippen molar-refractivity contribution in [3.8, 4) is 11.3 Å². The number of aromatic nitrogens is 3. The predicted molar refractivity (Wildman–Crippen MR) is 102 cm³/mol. The van der Waals surface area contributed by atoms with Gasteiger partial charge in [0.05, 0.1) is 10.6 Å². The highest BCUT2D eigenvalue weighted by Crippen LogP contribution is 2.23. The summed E-state index contributed by atoms with van der Waals surface area (Å²) in [5.41, 5.74) is 1.82. The summed E-state index contributed by atoms with van der Waals surface area (Å²) in [5, 5.41) is 25.7. The number of nitrogens with one attached hydrogen (secondary N) is 2. The number of carbonyl (C=O) groups is 1. The second-order valence-electron chi connectivity index (χ2n) is 5.68. The van der Waals surface area contributed by atoms with E-state index in [0.29, 0.717) is 17.1 Å². The highest BCUT2D eigenvalue weighted by molar-refractivity contribution is 5.72. The Morgan fingerprint density at radius 1 is 1.11 bits per heavy atom. The lowest BCUT2D eigenvalue weighted by Gasteiger charge is -2.11. The van der Waals surface area contributed by atoms with Gasteiger partial charge >= 0.3 is 5.97 Å². The van der Waals surface area contributed by atoms with Crippen LogP contribution in [-0.4, -0.2) is 37.5 Å². The molecule has 10 nitrogen and oxygen atoms in total. The maximum atomic E-state index is 11.2. The van der Waals surface area contributed by atoms with Crippen LogP contribution < -0.4 is 10.6 Å². The summed E-state index contributed by atoms with van der Waals surface area (Å²) in [4.78, 5) is 34.0. The molecule has 0 saturated heterocycles. The number of hydrogen-bond donors (Lipinski definition) is 3. The van der Waals surface area contributed by atoms with Crippen molar-refractivity contribution in [3.05, 3.63) is 70.5 Å². The molecule has 3 aromatic rings. The van der Waals surface area contributed by atoms with Gasteiger partial charge in [-0.25, -0.2) is 4.98 Å². The van der Waals surface area contributed by atoms with Crippen LogP contribution in [0.5, 0.6) is 0 Å². The van der Waals surface area contributed by atoms with E-state index in [9.17, 15) is 14.9 Å². The number of nitro groups is 1. The third-order valence-corrected chi connectivity index (χ3v) is 3.75. The molecule has 0 amide bonds. The van der Waals surface area contributed by atoms with Crippen LogP contribution in [0, 0.1) is 10.1 Å². The number of pyridine rings is 1. The molecule has 0 aliphatic heterocycles. The van der Waals surface area contributed by atoms with Gasteiger partial charge < -0.3 is 15.7 Å². The first-order valence-electron chi connectivity index (χ1n) is 8.24. The first kappa shape index (κ1) is 18.7. The Morgan fingerprint density at radius 2 is 1.86 bits per heavy atom. The monoisotopic (exact) mass is 380 g/mol. The van der Waals surface area contributed by atoms with E-state index in [2.05, 4.69) is 25.6 Å². The lowest BCUT2D eigenvalue weighted by Crippen LogP contribution is -2.15. The Balaban J connectivity index is 1.88. The van der Waals surface area contributed by atoms with E-state index in [-0.39, 0.29) is 24.7 Å². The van der Waals surface area contributed by atoms with E-state index >= 15 is 0 Å². The van der Waals surface area contributed by atoms with Gasteiger partial charge in [-0.05, 0) is 12.1 Å². The van der Waals surface area contributed by atoms with Crippen LogP contribution in [0.2, 0.25) is 0 Å². The summed E-state index contributed by atoms with van der Waals surface area (Å²) in [5.74, 6) is -0.526. The quantitative estimate of drug-likeness (QED) is 0.397. The molecule has 3 rings (SSSR count). The third-order valence-electron chi connectivity index (χ3n) is 3.75. The maximum Gasteiger partial charge on any atom is 0.322 e. The van der Waals surface area contributed by atoms with Crippen LogP contribution in [0.4, 0.5) is 17.5 Å². The maximum absolute atomic E-state index is 11.2. The lowest BCUT2D eigenvalue weighted by molar-refractivity contribution is -0.385. The molecule has 3 N–H and O–H groups in total. The number of hydrogen-bond acceptors (Lipinski definition) is 8. The van der Waals surface area contributed by atoms with Crippen LogP contribution in [0.15, 0.2) is 54.9 Å². The van der Waals surface area contributed by atoms with Gasteiger partial charge in [0.2, 0.25) is 5.95 Å². The number of anilines is 2. The average molecular weight is 380 g/mol. The number of benzene rings is 1. The lowest BCUT2D eigenvalue weighted by atomic mass is 10.1. The van der Waals surface area contributed by atoms with Crippen molar-refractivity contribution in [2.75, 3.05) is 17.2 Å². The van der Waals surface area contributed by atoms with Gasteiger partial charge in [-0.1, -0.05) is 18.2 Å². The standard InChI is InChI=1S/C18H16N6O4/c25-17(26)11-21-18-22-14(12-5-7-19-8-6-12)9-16(23-18)20-10-13-3-1-2-4-15(13)24(27)28/h1-9H,10-11H2,(H,25,26)(H2,20,21,22,23). The molecule has 0 fully saturated rings. The van der Waals surface area contributed by atoms with Crippen LogP contribution >= 0.6 is 0 Å². The first-order chi connectivity index (χ1) is 13.5. The van der Waals surface area contributed by atoms with E-state index in [0.717, 1.165) is 5.56 Å². The smallest absolute Gasteiger partial charge is 0.322 e. The van der Waals surface area contributed by atoms with Crippen LogP contribution in [0.1, 0.15) is 5.56 Å². The number of nitrogens with zero attached hydrogens (tertiary/aromatic N) is 4. The Kier molecular flexibility index (Phi) is 5.70. The van der Waals surface area contributed by atoms with Gasteiger partial charge in [0.15, 0.2) is 0 Å². The molecule has 0 bridgehead atoms.